The van der Waals surface area contributed by atoms with Crippen molar-refractivity contribution in [1.29, 1.82) is 0 Å². The van der Waals surface area contributed by atoms with Crippen molar-refractivity contribution in [2.45, 2.75) is 33.4 Å². The lowest BCUT2D eigenvalue weighted by Gasteiger charge is -2.27. The van der Waals surface area contributed by atoms with E-state index in [0.717, 1.165) is 5.56 Å². The van der Waals surface area contributed by atoms with Crippen LogP contribution in [0.15, 0.2) is 36.4 Å². The molecule has 1 aromatic heterocycles. The molecule has 0 radical (unpaired) electrons. The van der Waals surface area contributed by atoms with E-state index in [9.17, 15) is 4.79 Å². The number of rotatable bonds is 5. The molecule has 2 rings (SSSR count). The molecule has 0 unspecified atom stereocenters. The number of carboxylic acid groups (broad SMARTS) is 1. The number of carboxylic acids is 1. The molecular formula is C16H19N3O2. The molecule has 21 heavy (non-hydrogen) atoms. The Morgan fingerprint density at radius 2 is 1.90 bits per heavy atom. The van der Waals surface area contributed by atoms with Gasteiger partial charge in [0.2, 0.25) is 5.95 Å². The van der Waals surface area contributed by atoms with Crippen molar-refractivity contribution in [2.75, 3.05) is 4.90 Å². The molecule has 0 atom stereocenters. The lowest BCUT2D eigenvalue weighted by molar-refractivity contribution is 0.0690. The molecule has 1 N–H and O–H groups in total. The van der Waals surface area contributed by atoms with Crippen molar-refractivity contribution in [3.05, 3.63) is 53.3 Å². The first kappa shape index (κ1) is 15.0. The molecule has 1 heterocycles. The van der Waals surface area contributed by atoms with Gasteiger partial charge >= 0.3 is 5.97 Å². The van der Waals surface area contributed by atoms with Crippen LogP contribution in [-0.2, 0) is 6.54 Å². The van der Waals surface area contributed by atoms with Gasteiger partial charge in [-0.25, -0.2) is 14.8 Å². The highest BCUT2D eigenvalue weighted by Gasteiger charge is 2.17. The van der Waals surface area contributed by atoms with Gasteiger partial charge in [-0.2, -0.15) is 0 Å². The van der Waals surface area contributed by atoms with Crippen LogP contribution < -0.4 is 4.90 Å². The Morgan fingerprint density at radius 3 is 2.48 bits per heavy atom. The van der Waals surface area contributed by atoms with Gasteiger partial charge in [-0.1, -0.05) is 30.3 Å². The number of hydrogen-bond donors (Lipinski definition) is 1. The smallest absolute Gasteiger partial charge is 0.354 e. The third-order valence-electron chi connectivity index (χ3n) is 3.14. The van der Waals surface area contributed by atoms with Crippen molar-refractivity contribution in [2.24, 2.45) is 0 Å². The number of carbonyl (C=O) groups is 1. The minimum atomic E-state index is -1.04. The first-order valence-corrected chi connectivity index (χ1v) is 6.87. The van der Waals surface area contributed by atoms with Crippen LogP contribution in [0.4, 0.5) is 5.95 Å². The van der Waals surface area contributed by atoms with Crippen molar-refractivity contribution < 1.29 is 9.90 Å². The normalized spacial score (nSPS) is 10.7. The highest BCUT2D eigenvalue weighted by molar-refractivity contribution is 5.85. The second-order valence-electron chi connectivity index (χ2n) is 5.21. The number of aryl methyl sites for hydroxylation is 1. The highest BCUT2D eigenvalue weighted by Crippen LogP contribution is 2.17. The SMILES string of the molecule is Cc1cc(C(=O)O)nc(N(Cc2ccccc2)C(C)C)n1. The summed E-state index contributed by atoms with van der Waals surface area (Å²) >= 11 is 0. The van der Waals surface area contributed by atoms with Gasteiger partial charge in [0.25, 0.3) is 0 Å². The molecule has 0 aliphatic carbocycles. The Morgan fingerprint density at radius 1 is 1.24 bits per heavy atom. The molecule has 2 aromatic rings. The van der Waals surface area contributed by atoms with Gasteiger partial charge in [0.15, 0.2) is 5.69 Å². The predicted octanol–water partition coefficient (Wildman–Crippen LogP) is 2.90. The Kier molecular flexibility index (Phi) is 4.52. The van der Waals surface area contributed by atoms with Gasteiger partial charge in [0.1, 0.15) is 0 Å². The number of aromatic carboxylic acids is 1. The van der Waals surface area contributed by atoms with Crippen LogP contribution in [0, 0.1) is 6.92 Å². The van der Waals surface area contributed by atoms with Gasteiger partial charge in [-0.3, -0.25) is 0 Å². The summed E-state index contributed by atoms with van der Waals surface area (Å²) in [6.45, 7) is 6.49. The molecule has 5 heteroatoms. The molecule has 110 valence electrons. The van der Waals surface area contributed by atoms with Crippen molar-refractivity contribution in [3.8, 4) is 0 Å². The molecule has 0 spiro atoms. The molecule has 0 amide bonds. The quantitative estimate of drug-likeness (QED) is 0.915. The fourth-order valence-corrected chi connectivity index (χ4v) is 2.06. The van der Waals surface area contributed by atoms with E-state index >= 15 is 0 Å². The zero-order chi connectivity index (χ0) is 15.4. The molecule has 0 aliphatic heterocycles. The van der Waals surface area contributed by atoms with Crippen LogP contribution in [0.25, 0.3) is 0 Å². The van der Waals surface area contributed by atoms with Gasteiger partial charge in [-0.15, -0.1) is 0 Å². The van der Waals surface area contributed by atoms with Gasteiger partial charge in [0.05, 0.1) is 0 Å². The van der Waals surface area contributed by atoms with E-state index in [0.29, 0.717) is 18.2 Å². The molecular weight excluding hydrogens is 266 g/mol. The minimum absolute atomic E-state index is 0.0243. The summed E-state index contributed by atoms with van der Waals surface area (Å²) < 4.78 is 0. The first-order valence-electron chi connectivity index (χ1n) is 6.87. The number of benzene rings is 1. The fourth-order valence-electron chi connectivity index (χ4n) is 2.06. The molecule has 0 aliphatic rings. The van der Waals surface area contributed by atoms with Crippen molar-refractivity contribution >= 4 is 11.9 Å². The maximum absolute atomic E-state index is 11.1. The lowest BCUT2D eigenvalue weighted by atomic mass is 10.2. The standard InChI is InChI=1S/C16H19N3O2/c1-11(2)19(10-13-7-5-4-6-8-13)16-17-12(3)9-14(18-16)15(20)21/h4-9,11H,10H2,1-3H3,(H,20,21). The Hall–Kier alpha value is -2.43. The van der Waals surface area contributed by atoms with Crippen LogP contribution in [-0.4, -0.2) is 27.1 Å². The summed E-state index contributed by atoms with van der Waals surface area (Å²) in [6.07, 6.45) is 0. The summed E-state index contributed by atoms with van der Waals surface area (Å²) in [5, 5.41) is 9.14. The Balaban J connectivity index is 2.36. The van der Waals surface area contributed by atoms with Gasteiger partial charge < -0.3 is 10.0 Å². The molecule has 0 saturated heterocycles. The van der Waals surface area contributed by atoms with E-state index in [1.807, 2.05) is 49.1 Å². The van der Waals surface area contributed by atoms with Crippen LogP contribution in [0.3, 0.4) is 0 Å². The predicted molar refractivity (Wildman–Crippen MR) is 81.5 cm³/mol. The topological polar surface area (TPSA) is 66.3 Å². The second-order valence-corrected chi connectivity index (χ2v) is 5.21. The van der Waals surface area contributed by atoms with E-state index in [1.54, 1.807) is 6.92 Å². The molecule has 1 aromatic carbocycles. The summed E-state index contributed by atoms with van der Waals surface area (Å²) in [5.74, 6) is -0.587. The maximum Gasteiger partial charge on any atom is 0.354 e. The third kappa shape index (κ3) is 3.78. The minimum Gasteiger partial charge on any atom is -0.477 e. The van der Waals surface area contributed by atoms with E-state index < -0.39 is 5.97 Å². The summed E-state index contributed by atoms with van der Waals surface area (Å²) in [6, 6.07) is 11.6. The van der Waals surface area contributed by atoms with Crippen LogP contribution in [0.5, 0.6) is 0 Å². The molecule has 5 nitrogen and oxygen atoms in total. The second kappa shape index (κ2) is 6.35. The largest absolute Gasteiger partial charge is 0.477 e. The van der Waals surface area contributed by atoms with Gasteiger partial charge in [-0.05, 0) is 32.4 Å². The van der Waals surface area contributed by atoms with Crippen LogP contribution >= 0.6 is 0 Å². The number of hydrogen-bond acceptors (Lipinski definition) is 4. The number of aromatic nitrogens is 2. The average molecular weight is 285 g/mol. The van der Waals surface area contributed by atoms with E-state index in [4.69, 9.17) is 5.11 Å². The highest BCUT2D eigenvalue weighted by atomic mass is 16.4. The van der Waals surface area contributed by atoms with E-state index in [1.165, 1.54) is 6.07 Å². The summed E-state index contributed by atoms with van der Waals surface area (Å²) in [5.41, 5.74) is 1.81. The lowest BCUT2D eigenvalue weighted by Crippen LogP contribution is -2.32. The zero-order valence-electron chi connectivity index (χ0n) is 12.4. The number of nitrogens with zero attached hydrogens (tertiary/aromatic N) is 3. The molecule has 0 bridgehead atoms. The maximum atomic E-state index is 11.1. The first-order chi connectivity index (χ1) is 9.97. The van der Waals surface area contributed by atoms with E-state index in [2.05, 4.69) is 9.97 Å². The Bertz CT molecular complexity index is 627. The Labute approximate surface area is 124 Å². The molecule has 0 saturated carbocycles. The van der Waals surface area contributed by atoms with Crippen molar-refractivity contribution in [3.63, 3.8) is 0 Å². The monoisotopic (exact) mass is 285 g/mol. The van der Waals surface area contributed by atoms with Crippen LogP contribution in [0.2, 0.25) is 0 Å². The fraction of sp³-hybridized carbons (Fsp3) is 0.312. The van der Waals surface area contributed by atoms with Crippen LogP contribution in [0.1, 0.15) is 35.6 Å². The van der Waals surface area contributed by atoms with Crippen molar-refractivity contribution in [1.82, 2.24) is 9.97 Å². The van der Waals surface area contributed by atoms with Gasteiger partial charge in [0, 0.05) is 18.3 Å². The van der Waals surface area contributed by atoms with E-state index in [-0.39, 0.29) is 11.7 Å². The summed E-state index contributed by atoms with van der Waals surface area (Å²) in [7, 11) is 0. The average Bonchev–Trinajstić information content (AvgIpc) is 2.44. The summed E-state index contributed by atoms with van der Waals surface area (Å²) in [4.78, 5) is 21.7. The zero-order valence-corrected chi connectivity index (χ0v) is 12.4. The number of anilines is 1. The molecule has 0 fully saturated rings. The third-order valence-corrected chi connectivity index (χ3v) is 3.14.